The molecule has 0 aliphatic heterocycles. The van der Waals surface area contributed by atoms with Crippen molar-refractivity contribution in [3.05, 3.63) is 11.6 Å². The highest BCUT2D eigenvalue weighted by Crippen LogP contribution is 2.27. The Morgan fingerprint density at radius 3 is 1.63 bits per heavy atom. The summed E-state index contributed by atoms with van der Waals surface area (Å²) in [6.07, 6.45) is -1.97. The van der Waals surface area contributed by atoms with Crippen molar-refractivity contribution in [2.45, 2.75) is 95.1 Å². The number of hydrogen-bond donors (Lipinski definition) is 7. The van der Waals surface area contributed by atoms with Crippen LogP contribution in [0.5, 0.6) is 0 Å². The van der Waals surface area contributed by atoms with Crippen molar-refractivity contribution >= 4 is 29.6 Å². The summed E-state index contributed by atoms with van der Waals surface area (Å²) in [5, 5.41) is 11.1. The Labute approximate surface area is 303 Å². The molecular formula is C33H58F3N7O9. The molecule has 1 rings (SSSR count). The van der Waals surface area contributed by atoms with Crippen molar-refractivity contribution in [2.24, 2.45) is 17.2 Å². The first-order chi connectivity index (χ1) is 24.9. The summed E-state index contributed by atoms with van der Waals surface area (Å²) in [5.41, 5.74) is 16.8. The molecule has 300 valence electrons. The lowest BCUT2D eigenvalue weighted by Gasteiger charge is -2.36. The zero-order valence-electron chi connectivity index (χ0n) is 29.9. The molecule has 0 fully saturated rings. The molecule has 16 nitrogen and oxygen atoms in total. The average Bonchev–Trinajstić information content (AvgIpc) is 3.09. The fourth-order valence-electron chi connectivity index (χ4n) is 4.85. The van der Waals surface area contributed by atoms with Crippen molar-refractivity contribution in [1.82, 2.24) is 21.3 Å². The van der Waals surface area contributed by atoms with Gasteiger partial charge in [-0.15, -0.1) is 0 Å². The lowest BCUT2D eigenvalue weighted by molar-refractivity contribution is -0.199. The number of carbonyl (C=O) groups excluding carboxylic acids is 5. The van der Waals surface area contributed by atoms with Gasteiger partial charge in [-0.05, 0) is 64.2 Å². The summed E-state index contributed by atoms with van der Waals surface area (Å²) in [7, 11) is 0. The van der Waals surface area contributed by atoms with E-state index in [1.54, 1.807) is 6.08 Å². The summed E-state index contributed by atoms with van der Waals surface area (Å²) >= 11 is 0. The van der Waals surface area contributed by atoms with E-state index in [9.17, 15) is 37.1 Å². The van der Waals surface area contributed by atoms with E-state index in [-0.39, 0.29) is 82.8 Å². The summed E-state index contributed by atoms with van der Waals surface area (Å²) in [6.45, 7) is 2.46. The van der Waals surface area contributed by atoms with Gasteiger partial charge in [0.15, 0.2) is 0 Å². The van der Waals surface area contributed by atoms with Crippen LogP contribution in [0.25, 0.3) is 0 Å². The molecule has 52 heavy (non-hydrogen) atoms. The number of nitrogens with one attached hydrogen (secondary N) is 4. The molecule has 0 aromatic heterocycles. The minimum Gasteiger partial charge on any atom is -0.459 e. The molecule has 0 heterocycles. The maximum atomic E-state index is 13.3. The molecule has 0 unspecified atom stereocenters. The zero-order valence-corrected chi connectivity index (χ0v) is 29.9. The molecule has 4 amide bonds. The van der Waals surface area contributed by atoms with Crippen LogP contribution in [0.3, 0.4) is 0 Å². The Morgan fingerprint density at radius 1 is 0.635 bits per heavy atom. The Bertz CT molecular complexity index is 1100. The second-order valence-electron chi connectivity index (χ2n) is 12.0. The van der Waals surface area contributed by atoms with E-state index < -0.39 is 36.4 Å². The van der Waals surface area contributed by atoms with E-state index in [4.69, 9.17) is 31.4 Å². The average molecular weight is 754 g/mol. The van der Waals surface area contributed by atoms with Gasteiger partial charge in [0.05, 0.1) is 32.5 Å². The van der Waals surface area contributed by atoms with Crippen LogP contribution in [0.15, 0.2) is 11.6 Å². The van der Waals surface area contributed by atoms with Crippen LogP contribution in [0.1, 0.15) is 70.6 Å². The van der Waals surface area contributed by atoms with Gasteiger partial charge in [0.1, 0.15) is 12.2 Å². The summed E-state index contributed by atoms with van der Waals surface area (Å²) in [6, 6.07) is 0. The molecule has 0 saturated carbocycles. The Hall–Kier alpha value is -3.36. The maximum Gasteiger partial charge on any atom is 0.490 e. The van der Waals surface area contributed by atoms with Crippen molar-refractivity contribution < 1.29 is 56.1 Å². The van der Waals surface area contributed by atoms with Crippen molar-refractivity contribution in [3.63, 3.8) is 0 Å². The molecule has 0 saturated heterocycles. The highest BCUT2D eigenvalue weighted by atomic mass is 19.4. The Kier molecular flexibility index (Phi) is 25.3. The monoisotopic (exact) mass is 753 g/mol. The predicted molar refractivity (Wildman–Crippen MR) is 184 cm³/mol. The quantitative estimate of drug-likeness (QED) is 0.0389. The molecular weight excluding hydrogens is 695 g/mol. The normalized spacial score (nSPS) is 17.2. The third-order valence-corrected chi connectivity index (χ3v) is 7.64. The van der Waals surface area contributed by atoms with Crippen LogP contribution < -0.4 is 38.5 Å². The number of rotatable bonds is 29. The first kappa shape index (κ1) is 46.7. The number of nitrogens with two attached hydrogens (primary N) is 3. The number of carbonyl (C=O) groups is 5. The van der Waals surface area contributed by atoms with E-state index in [1.165, 1.54) is 0 Å². The van der Waals surface area contributed by atoms with Crippen LogP contribution in [0, 0.1) is 0 Å². The first-order valence-corrected chi connectivity index (χ1v) is 17.9. The van der Waals surface area contributed by atoms with Crippen molar-refractivity contribution in [2.75, 3.05) is 72.2 Å². The minimum absolute atomic E-state index is 0.00199. The second-order valence-corrected chi connectivity index (χ2v) is 12.0. The van der Waals surface area contributed by atoms with Crippen molar-refractivity contribution in [1.29, 1.82) is 0 Å². The highest BCUT2D eigenvalue weighted by Gasteiger charge is 2.41. The first-order valence-electron chi connectivity index (χ1n) is 17.9. The van der Waals surface area contributed by atoms with Gasteiger partial charge in [-0.1, -0.05) is 6.42 Å². The van der Waals surface area contributed by atoms with Crippen LogP contribution in [0.4, 0.5) is 13.2 Å². The van der Waals surface area contributed by atoms with Crippen LogP contribution in [-0.2, 0) is 42.9 Å². The molecule has 0 aromatic rings. The number of halogens is 3. The molecule has 0 spiro atoms. The van der Waals surface area contributed by atoms with Gasteiger partial charge >= 0.3 is 12.1 Å². The van der Waals surface area contributed by atoms with E-state index in [0.717, 1.165) is 0 Å². The number of unbranched alkanes of at least 4 members (excludes halogenated alkanes) is 3. The number of ether oxygens (including phenoxy) is 4. The summed E-state index contributed by atoms with van der Waals surface area (Å²) < 4.78 is 59.2. The number of hydrogen-bond acceptors (Lipinski definition) is 12. The lowest BCUT2D eigenvalue weighted by atomic mass is 9.91. The third-order valence-electron chi connectivity index (χ3n) is 7.64. The molecule has 0 bridgehead atoms. The smallest absolute Gasteiger partial charge is 0.459 e. The minimum atomic E-state index is -5.03. The molecule has 0 aromatic carbocycles. The third kappa shape index (κ3) is 21.9. The Balaban J connectivity index is 2.95. The van der Waals surface area contributed by atoms with Gasteiger partial charge < -0.3 is 57.4 Å². The van der Waals surface area contributed by atoms with Gasteiger partial charge in [-0.2, -0.15) is 13.2 Å². The number of alkyl halides is 3. The SMILES string of the molecule is NCCCNC(=O)CCO[C@@H]1[C@H](OCCC(=O)NCCCN)C=C(C(=O)NCCCCCCOC(=O)C(F)(F)F)C[C@H]1OCCC(=O)NCCCN. The van der Waals surface area contributed by atoms with E-state index >= 15 is 0 Å². The van der Waals surface area contributed by atoms with Gasteiger partial charge in [-0.25, -0.2) is 4.79 Å². The fourth-order valence-corrected chi connectivity index (χ4v) is 4.85. The molecule has 1 aliphatic rings. The van der Waals surface area contributed by atoms with Crippen LogP contribution in [0.2, 0.25) is 0 Å². The number of amides is 4. The van der Waals surface area contributed by atoms with Gasteiger partial charge in [-0.3, -0.25) is 19.2 Å². The standard InChI is InChI=1S/C33H58F3N7O9/c34-33(35,36)32(48)52-18-4-2-1-3-14-43-31(47)24-22-25(49-19-8-27(44)40-15-5-11-37)30(51-21-10-29(46)42-17-7-13-39)26(23-24)50-20-9-28(45)41-16-6-12-38/h22,25-26,30H,1-21,23,37-39H2,(H,40,44)(H,41,45)(H,42,46)(H,43,47)/t25-,26-,30-/m1/s1. The van der Waals surface area contributed by atoms with Crippen LogP contribution >= 0.6 is 0 Å². The fraction of sp³-hybridized carbons (Fsp3) is 0.788. The summed E-state index contributed by atoms with van der Waals surface area (Å²) in [4.78, 5) is 61.0. The second kappa shape index (κ2) is 28.2. The predicted octanol–water partition coefficient (Wildman–Crippen LogP) is -0.180. The van der Waals surface area contributed by atoms with Gasteiger partial charge in [0, 0.05) is 57.4 Å². The molecule has 19 heteroatoms. The maximum absolute atomic E-state index is 13.3. The topological polar surface area (TPSA) is 248 Å². The summed E-state index contributed by atoms with van der Waals surface area (Å²) in [5.74, 6) is -3.35. The van der Waals surface area contributed by atoms with E-state index in [0.29, 0.717) is 83.4 Å². The largest absolute Gasteiger partial charge is 0.490 e. The number of esters is 1. The van der Waals surface area contributed by atoms with Crippen molar-refractivity contribution in [3.8, 4) is 0 Å². The highest BCUT2D eigenvalue weighted by molar-refractivity contribution is 5.93. The van der Waals surface area contributed by atoms with E-state index in [1.807, 2.05) is 0 Å². The zero-order chi connectivity index (χ0) is 38.6. The van der Waals surface area contributed by atoms with Gasteiger partial charge in [0.2, 0.25) is 23.6 Å². The van der Waals surface area contributed by atoms with Gasteiger partial charge in [0.25, 0.3) is 0 Å². The molecule has 0 radical (unpaired) electrons. The molecule has 10 N–H and O–H groups in total. The molecule has 3 atom stereocenters. The van der Waals surface area contributed by atoms with E-state index in [2.05, 4.69) is 26.0 Å². The Morgan fingerprint density at radius 2 is 1.12 bits per heavy atom. The molecule has 1 aliphatic carbocycles. The van der Waals surface area contributed by atoms with Crippen LogP contribution in [-0.4, -0.2) is 126 Å². The lowest BCUT2D eigenvalue weighted by Crippen LogP contribution is -2.47.